The number of benzene rings is 2. The summed E-state index contributed by atoms with van der Waals surface area (Å²) in [5.41, 5.74) is 2.97. The van der Waals surface area contributed by atoms with Gasteiger partial charge in [-0.05, 0) is 80.7 Å². The van der Waals surface area contributed by atoms with Crippen molar-refractivity contribution in [2.45, 2.75) is 114 Å². The number of hydrogen-bond donors (Lipinski definition) is 5. The zero-order valence-corrected chi connectivity index (χ0v) is 35.5. The number of fused-ring (bicyclic) bond motifs is 2. The molecule has 0 aliphatic carbocycles. The number of aromatic nitrogens is 2. The first-order valence-corrected chi connectivity index (χ1v) is 22.4. The number of amides is 6. The molecule has 20 heteroatoms. The Bertz CT molecular complexity index is 2390. The minimum Gasteiger partial charge on any atom is -0.368 e. The van der Waals surface area contributed by atoms with Crippen LogP contribution in [-0.2, 0) is 52.5 Å². The maximum absolute atomic E-state index is 14.2. The number of halogens is 2. The number of imidazole rings is 1. The Morgan fingerprint density at radius 1 is 0.952 bits per heavy atom. The van der Waals surface area contributed by atoms with Crippen molar-refractivity contribution in [1.82, 2.24) is 29.6 Å². The zero-order chi connectivity index (χ0) is 45.1. The van der Waals surface area contributed by atoms with E-state index in [1.165, 1.54) is 33.1 Å². The molecule has 17 nitrogen and oxygen atoms in total. The molecule has 3 fully saturated rings. The summed E-state index contributed by atoms with van der Waals surface area (Å²) in [7, 11) is -4.12. The Labute approximate surface area is 355 Å². The Morgan fingerprint density at radius 3 is 2.32 bits per heavy atom. The maximum atomic E-state index is 14.2. The molecule has 6 rings (SSSR count). The lowest BCUT2D eigenvalue weighted by Gasteiger charge is -2.38. The fourth-order valence-electron chi connectivity index (χ4n) is 8.67. The van der Waals surface area contributed by atoms with Crippen molar-refractivity contribution in [3.05, 3.63) is 75.7 Å². The van der Waals surface area contributed by atoms with E-state index in [9.17, 15) is 46.9 Å². The van der Waals surface area contributed by atoms with Crippen molar-refractivity contribution < 1.29 is 51.9 Å². The van der Waals surface area contributed by atoms with E-state index in [2.05, 4.69) is 10.6 Å². The van der Waals surface area contributed by atoms with E-state index in [0.29, 0.717) is 54.4 Å². The van der Waals surface area contributed by atoms with Crippen LogP contribution in [0, 0.1) is 0 Å². The summed E-state index contributed by atoms with van der Waals surface area (Å²) in [5, 5.41) is 4.98. The van der Waals surface area contributed by atoms with Crippen LogP contribution in [0.3, 0.4) is 0 Å². The highest BCUT2D eigenvalue weighted by Crippen LogP contribution is 2.59. The van der Waals surface area contributed by atoms with Crippen LogP contribution < -0.4 is 22.1 Å². The maximum Gasteiger partial charge on any atom is 0.399 e. The third-order valence-electron chi connectivity index (χ3n) is 12.1. The second-order valence-corrected chi connectivity index (χ2v) is 18.0. The van der Waals surface area contributed by atoms with Gasteiger partial charge in [-0.3, -0.25) is 47.8 Å². The van der Waals surface area contributed by atoms with Gasteiger partial charge in [0.25, 0.3) is 0 Å². The van der Waals surface area contributed by atoms with Gasteiger partial charge in [-0.25, -0.2) is 4.79 Å². The molecule has 3 aromatic rings. The molecule has 2 aromatic carbocycles. The third kappa shape index (κ3) is 9.90. The molecule has 3 aliphatic heterocycles. The molecular weight excluding hydrogens is 831 g/mol. The van der Waals surface area contributed by atoms with E-state index >= 15 is 0 Å². The number of aryl methyl sites for hydroxylation is 2. The first-order chi connectivity index (χ1) is 29.3. The minimum absolute atomic E-state index is 0.149. The van der Waals surface area contributed by atoms with Gasteiger partial charge in [0.15, 0.2) is 0 Å². The van der Waals surface area contributed by atoms with Gasteiger partial charge in [0, 0.05) is 50.7 Å². The molecular formula is C42H52F2N7O10P. The Kier molecular flexibility index (Phi) is 14.0. The minimum atomic E-state index is -5.78. The second-order valence-electron chi connectivity index (χ2n) is 16.3. The third-order valence-corrected chi connectivity index (χ3v) is 13.1. The van der Waals surface area contributed by atoms with Gasteiger partial charge in [0.05, 0.1) is 11.0 Å². The summed E-state index contributed by atoms with van der Waals surface area (Å²) in [6, 6.07) is 6.59. The predicted molar refractivity (Wildman–Crippen MR) is 222 cm³/mol. The Morgan fingerprint density at radius 2 is 1.65 bits per heavy atom. The quantitative estimate of drug-likeness (QED) is 0.0647. The van der Waals surface area contributed by atoms with Gasteiger partial charge in [0.2, 0.25) is 35.4 Å². The normalized spacial score (nSPS) is 21.4. The molecule has 1 aromatic heterocycles. The largest absolute Gasteiger partial charge is 0.399 e. The van der Waals surface area contributed by atoms with Crippen molar-refractivity contribution in [3.63, 3.8) is 0 Å². The summed E-state index contributed by atoms with van der Waals surface area (Å²) >= 11 is 0. The molecule has 6 amide bonds. The molecule has 0 spiro atoms. The number of carbonyl (C=O) groups is 6. The highest BCUT2D eigenvalue weighted by molar-refractivity contribution is 7.52. The van der Waals surface area contributed by atoms with Crippen LogP contribution >= 0.6 is 7.60 Å². The zero-order valence-electron chi connectivity index (χ0n) is 34.6. The fourth-order valence-corrected chi connectivity index (χ4v) is 9.16. The van der Waals surface area contributed by atoms with Crippen LogP contribution in [0.4, 0.5) is 8.78 Å². The average molecular weight is 884 g/mol. The van der Waals surface area contributed by atoms with Crippen LogP contribution in [0.15, 0.2) is 53.3 Å². The van der Waals surface area contributed by atoms with Crippen molar-refractivity contribution in [3.8, 4) is 0 Å². The first-order valence-electron chi connectivity index (χ1n) is 20.7. The molecule has 0 bridgehead atoms. The molecule has 1 unspecified atom stereocenters. The number of hydrogen-bond acceptors (Lipinski definition) is 8. The predicted octanol–water partition coefficient (Wildman–Crippen LogP) is 3.09. The Hall–Kier alpha value is -5.52. The van der Waals surface area contributed by atoms with Crippen LogP contribution in [-0.4, -0.2) is 95.4 Å². The van der Waals surface area contributed by atoms with E-state index in [1.54, 1.807) is 11.9 Å². The average Bonchev–Trinajstić information content (AvgIpc) is 3.74. The highest BCUT2D eigenvalue weighted by atomic mass is 31.2. The fraction of sp³-hybridized carbons (Fsp3) is 0.500. The summed E-state index contributed by atoms with van der Waals surface area (Å²) in [5.74, 6) is -2.96. The number of imide groups is 1. The van der Waals surface area contributed by atoms with Crippen molar-refractivity contribution in [1.29, 1.82) is 0 Å². The molecule has 3 saturated heterocycles. The molecule has 0 saturated carbocycles. The summed E-state index contributed by atoms with van der Waals surface area (Å²) < 4.78 is 42.6. The number of carbonyl (C=O) groups excluding carboxylic acids is 6. The number of rotatable bonds is 15. The lowest BCUT2D eigenvalue weighted by Crippen LogP contribution is -2.60. The van der Waals surface area contributed by atoms with Gasteiger partial charge < -0.3 is 30.6 Å². The highest BCUT2D eigenvalue weighted by Gasteiger charge is 2.50. The number of nitrogens with two attached hydrogens (primary N) is 1. The molecule has 334 valence electrons. The Balaban J connectivity index is 1.03. The van der Waals surface area contributed by atoms with Crippen molar-refractivity contribution in [2.24, 2.45) is 12.8 Å². The molecule has 4 atom stereocenters. The second kappa shape index (κ2) is 18.8. The SMILES string of the molecule is C/C(=C\C(=O)N[C@H]1CN(C(=O)CCCCCCCc2ccc3c(c2)n(C)c(=O)n3C2CCC(=O)NC2=O)CC[C@H]2CC[C@@H](C(N)=O)N2C1=O)c1ccc(C(F)(F)P(=O)(O)O)cc1. The van der Waals surface area contributed by atoms with E-state index in [0.717, 1.165) is 55.9 Å². The van der Waals surface area contributed by atoms with Crippen LogP contribution in [0.1, 0.15) is 100 Å². The number of allylic oxidation sites excluding steroid dienone is 1. The van der Waals surface area contributed by atoms with Gasteiger partial charge >= 0.3 is 18.9 Å². The lowest BCUT2D eigenvalue weighted by atomic mass is 10.0. The van der Waals surface area contributed by atoms with Crippen molar-refractivity contribution in [2.75, 3.05) is 13.1 Å². The number of nitrogens with zero attached hydrogens (tertiary/aromatic N) is 4. The first kappa shape index (κ1) is 46.0. The summed E-state index contributed by atoms with van der Waals surface area (Å²) in [6.45, 7) is 1.66. The van der Waals surface area contributed by atoms with Crippen LogP contribution in [0.5, 0.6) is 0 Å². The molecule has 0 radical (unpaired) electrons. The van der Waals surface area contributed by atoms with Crippen molar-refractivity contribution >= 4 is 59.6 Å². The van der Waals surface area contributed by atoms with E-state index in [-0.39, 0.29) is 49.4 Å². The van der Waals surface area contributed by atoms with E-state index in [4.69, 9.17) is 15.5 Å². The van der Waals surface area contributed by atoms with Gasteiger partial charge in [0.1, 0.15) is 18.1 Å². The number of nitrogens with one attached hydrogen (secondary N) is 2. The lowest BCUT2D eigenvalue weighted by molar-refractivity contribution is -0.146. The topological polar surface area (TPSA) is 243 Å². The monoisotopic (exact) mass is 883 g/mol. The number of piperidine rings is 1. The molecule has 3 aliphatic rings. The summed E-state index contributed by atoms with van der Waals surface area (Å²) in [4.78, 5) is 112. The smallest absolute Gasteiger partial charge is 0.368 e. The van der Waals surface area contributed by atoms with Gasteiger partial charge in [-0.15, -0.1) is 0 Å². The number of primary amides is 1. The number of alkyl halides is 2. The van der Waals surface area contributed by atoms with E-state index in [1.807, 2.05) is 18.2 Å². The van der Waals surface area contributed by atoms with E-state index < -0.39 is 60.6 Å². The molecule has 6 N–H and O–H groups in total. The van der Waals surface area contributed by atoms with Crippen LogP contribution in [0.25, 0.3) is 16.6 Å². The summed E-state index contributed by atoms with van der Waals surface area (Å²) in [6.07, 6.45) is 7.82. The standard InChI is InChI=1S/C42H52F2N7O10P/c1-25(27-11-13-28(14-12-27)42(43,44)62(59,60)61)22-36(53)46-30-24-49(21-20-29-15-17-32(38(45)55)50(29)40(30)57)37(54)9-7-5-3-4-6-8-26-10-16-31-34(23-26)48(2)41(58)51(31)33-18-19-35(52)47-39(33)56/h10-14,16,22-23,29-30,32-33H,3-9,15,17-21,24H2,1-2H3,(H2,45,55)(H,46,53)(H,47,52,56)(H2,59,60,61)/b25-22+/t29-,30+,32+,33?/m1/s1. The molecule has 62 heavy (non-hydrogen) atoms. The van der Waals surface area contributed by atoms with Gasteiger partial charge in [-0.1, -0.05) is 49.6 Å². The van der Waals surface area contributed by atoms with Crippen LogP contribution in [0.2, 0.25) is 0 Å². The van der Waals surface area contributed by atoms with Gasteiger partial charge in [-0.2, -0.15) is 8.78 Å². The number of unbranched alkanes of at least 4 members (excludes halogenated alkanes) is 4. The molecule has 4 heterocycles.